The number of benzene rings is 2. The topological polar surface area (TPSA) is 102 Å². The number of sulfonamides is 1. The average Bonchev–Trinajstić information content (AvgIpc) is 3.18. The lowest BCUT2D eigenvalue weighted by molar-refractivity contribution is -0.119. The molecule has 1 aliphatic rings. The van der Waals surface area contributed by atoms with Gasteiger partial charge in [-0.2, -0.15) is 0 Å². The fraction of sp³-hybridized carbons (Fsp3) is 0.333. The van der Waals surface area contributed by atoms with Gasteiger partial charge in [-0.05, 0) is 67.1 Å². The number of aryl methyl sites for hydroxylation is 2. The molecule has 0 fully saturated rings. The molecule has 0 saturated carbocycles. The molecule has 8 heteroatoms. The van der Waals surface area contributed by atoms with Gasteiger partial charge in [0.2, 0.25) is 10.0 Å². The molecule has 0 aliphatic heterocycles. The second-order valence-corrected chi connectivity index (χ2v) is 8.65. The summed E-state index contributed by atoms with van der Waals surface area (Å²) in [5.41, 5.74) is 3.27. The SMILES string of the molecule is CCCNS(=O)(=O)c1cccc(C(=O)OCC(=O)Nc2ccc3c(c2)CCC3)c1. The van der Waals surface area contributed by atoms with E-state index in [1.54, 1.807) is 0 Å². The summed E-state index contributed by atoms with van der Waals surface area (Å²) in [6.45, 7) is 1.70. The number of hydrogen-bond donors (Lipinski definition) is 2. The van der Waals surface area contributed by atoms with Gasteiger partial charge >= 0.3 is 5.97 Å². The van der Waals surface area contributed by atoms with Crippen LogP contribution in [-0.4, -0.2) is 33.4 Å². The maximum atomic E-state index is 12.2. The Morgan fingerprint density at radius 1 is 1.07 bits per heavy atom. The minimum absolute atomic E-state index is 0.0250. The third kappa shape index (κ3) is 5.42. The molecule has 2 aromatic carbocycles. The first kappa shape index (κ1) is 21.0. The monoisotopic (exact) mass is 416 g/mol. The van der Waals surface area contributed by atoms with Crippen molar-refractivity contribution in [3.8, 4) is 0 Å². The number of carbonyl (C=O) groups is 2. The van der Waals surface area contributed by atoms with Crippen LogP contribution in [0.5, 0.6) is 0 Å². The third-order valence-electron chi connectivity index (χ3n) is 4.64. The lowest BCUT2D eigenvalue weighted by Crippen LogP contribution is -2.25. The fourth-order valence-electron chi connectivity index (χ4n) is 3.17. The van der Waals surface area contributed by atoms with Gasteiger partial charge in [-0.3, -0.25) is 4.79 Å². The van der Waals surface area contributed by atoms with Crippen LogP contribution in [0.3, 0.4) is 0 Å². The number of carbonyl (C=O) groups excluding carboxylic acids is 2. The summed E-state index contributed by atoms with van der Waals surface area (Å²) in [5, 5.41) is 2.72. The van der Waals surface area contributed by atoms with Crippen LogP contribution >= 0.6 is 0 Å². The molecule has 0 aromatic heterocycles. The number of anilines is 1. The van der Waals surface area contributed by atoms with Crippen LogP contribution in [0, 0.1) is 0 Å². The van der Waals surface area contributed by atoms with E-state index in [-0.39, 0.29) is 10.5 Å². The number of hydrogen-bond acceptors (Lipinski definition) is 5. The van der Waals surface area contributed by atoms with Crippen LogP contribution < -0.4 is 10.0 Å². The van der Waals surface area contributed by atoms with Gasteiger partial charge in [0.1, 0.15) is 0 Å². The molecule has 0 bridgehead atoms. The number of amides is 1. The summed E-state index contributed by atoms with van der Waals surface area (Å²) >= 11 is 0. The molecule has 0 unspecified atom stereocenters. The van der Waals surface area contributed by atoms with Crippen molar-refractivity contribution < 1.29 is 22.7 Å². The first-order chi connectivity index (χ1) is 13.9. The molecular formula is C21H24N2O5S. The Hall–Kier alpha value is -2.71. The van der Waals surface area contributed by atoms with Crippen molar-refractivity contribution in [1.82, 2.24) is 4.72 Å². The Balaban J connectivity index is 1.57. The van der Waals surface area contributed by atoms with Crippen molar-refractivity contribution in [2.45, 2.75) is 37.5 Å². The van der Waals surface area contributed by atoms with E-state index in [0.717, 1.165) is 19.3 Å². The van der Waals surface area contributed by atoms with Crippen LogP contribution in [-0.2, 0) is 32.4 Å². The summed E-state index contributed by atoms with van der Waals surface area (Å²) in [6.07, 6.45) is 3.83. The van der Waals surface area contributed by atoms with Crippen LogP contribution in [0.1, 0.15) is 41.3 Å². The van der Waals surface area contributed by atoms with Gasteiger partial charge in [0.15, 0.2) is 6.61 Å². The first-order valence-corrected chi connectivity index (χ1v) is 11.1. The number of nitrogens with one attached hydrogen (secondary N) is 2. The van der Waals surface area contributed by atoms with Crippen molar-refractivity contribution in [1.29, 1.82) is 0 Å². The van der Waals surface area contributed by atoms with Crippen LogP contribution in [0.2, 0.25) is 0 Å². The Kier molecular flexibility index (Phi) is 6.66. The van der Waals surface area contributed by atoms with Crippen molar-refractivity contribution in [3.05, 3.63) is 59.2 Å². The van der Waals surface area contributed by atoms with E-state index in [1.165, 1.54) is 35.4 Å². The molecule has 2 aromatic rings. The minimum atomic E-state index is -3.69. The summed E-state index contributed by atoms with van der Waals surface area (Å²) in [6, 6.07) is 11.3. The van der Waals surface area contributed by atoms with Crippen LogP contribution in [0.4, 0.5) is 5.69 Å². The number of esters is 1. The molecule has 1 amide bonds. The zero-order chi connectivity index (χ0) is 20.9. The zero-order valence-electron chi connectivity index (χ0n) is 16.2. The molecule has 0 heterocycles. The molecule has 0 atom stereocenters. The molecule has 2 N–H and O–H groups in total. The number of rotatable bonds is 8. The molecular weight excluding hydrogens is 392 g/mol. The molecule has 3 rings (SSSR count). The Morgan fingerprint density at radius 3 is 2.66 bits per heavy atom. The number of ether oxygens (including phenoxy) is 1. The van der Waals surface area contributed by atoms with E-state index in [4.69, 9.17) is 4.74 Å². The zero-order valence-corrected chi connectivity index (χ0v) is 17.1. The fourth-order valence-corrected chi connectivity index (χ4v) is 4.35. The van der Waals surface area contributed by atoms with Gasteiger partial charge in [-0.15, -0.1) is 0 Å². The quantitative estimate of drug-likeness (QED) is 0.644. The third-order valence-corrected chi connectivity index (χ3v) is 6.10. The predicted octanol–water partition coefficient (Wildman–Crippen LogP) is 2.66. The first-order valence-electron chi connectivity index (χ1n) is 9.57. The summed E-state index contributed by atoms with van der Waals surface area (Å²) < 4.78 is 31.9. The van der Waals surface area contributed by atoms with Crippen molar-refractivity contribution >= 4 is 27.6 Å². The normalized spacial score (nSPS) is 13.0. The number of fused-ring (bicyclic) bond motifs is 1. The molecule has 154 valence electrons. The van der Waals surface area contributed by atoms with Gasteiger partial charge in [0, 0.05) is 12.2 Å². The molecule has 0 radical (unpaired) electrons. The molecule has 29 heavy (non-hydrogen) atoms. The highest BCUT2D eigenvalue weighted by atomic mass is 32.2. The molecule has 1 aliphatic carbocycles. The van der Waals surface area contributed by atoms with E-state index >= 15 is 0 Å². The minimum Gasteiger partial charge on any atom is -0.452 e. The van der Waals surface area contributed by atoms with Gasteiger partial charge in [0.25, 0.3) is 5.91 Å². The second-order valence-electron chi connectivity index (χ2n) is 6.89. The van der Waals surface area contributed by atoms with Gasteiger partial charge in [0.05, 0.1) is 10.5 Å². The Labute approximate surface area is 170 Å². The Bertz CT molecular complexity index is 1020. The van der Waals surface area contributed by atoms with E-state index in [0.29, 0.717) is 18.7 Å². The molecule has 7 nitrogen and oxygen atoms in total. The van der Waals surface area contributed by atoms with Crippen LogP contribution in [0.25, 0.3) is 0 Å². The average molecular weight is 416 g/mol. The summed E-state index contributed by atoms with van der Waals surface area (Å²) in [7, 11) is -3.69. The summed E-state index contributed by atoms with van der Waals surface area (Å²) in [4.78, 5) is 24.3. The highest BCUT2D eigenvalue weighted by Gasteiger charge is 2.17. The van der Waals surface area contributed by atoms with Crippen LogP contribution in [0.15, 0.2) is 47.4 Å². The molecule has 0 saturated heterocycles. The Morgan fingerprint density at radius 2 is 1.86 bits per heavy atom. The maximum absolute atomic E-state index is 12.2. The van der Waals surface area contributed by atoms with Crippen molar-refractivity contribution in [2.75, 3.05) is 18.5 Å². The highest BCUT2D eigenvalue weighted by molar-refractivity contribution is 7.89. The standard InChI is InChI=1S/C21H24N2O5S/c1-2-11-22-29(26,27)19-8-4-7-17(13-19)21(25)28-14-20(24)23-18-10-9-15-5-3-6-16(15)12-18/h4,7-10,12-13,22H,2-3,5-6,11,14H2,1H3,(H,23,24). The van der Waals surface area contributed by atoms with Gasteiger partial charge in [-0.25, -0.2) is 17.9 Å². The van der Waals surface area contributed by atoms with E-state index in [1.807, 2.05) is 25.1 Å². The predicted molar refractivity (Wildman–Crippen MR) is 109 cm³/mol. The van der Waals surface area contributed by atoms with E-state index in [9.17, 15) is 18.0 Å². The highest BCUT2D eigenvalue weighted by Crippen LogP contribution is 2.24. The molecule has 0 spiro atoms. The second kappa shape index (κ2) is 9.19. The van der Waals surface area contributed by atoms with Crippen molar-refractivity contribution in [3.63, 3.8) is 0 Å². The van der Waals surface area contributed by atoms with Gasteiger partial charge < -0.3 is 10.1 Å². The van der Waals surface area contributed by atoms with Crippen molar-refractivity contribution in [2.24, 2.45) is 0 Å². The largest absolute Gasteiger partial charge is 0.452 e. The lowest BCUT2D eigenvalue weighted by atomic mass is 10.1. The van der Waals surface area contributed by atoms with E-state index in [2.05, 4.69) is 10.0 Å². The van der Waals surface area contributed by atoms with Gasteiger partial charge in [-0.1, -0.05) is 19.1 Å². The van der Waals surface area contributed by atoms with E-state index < -0.39 is 28.5 Å². The smallest absolute Gasteiger partial charge is 0.338 e. The maximum Gasteiger partial charge on any atom is 0.338 e. The lowest BCUT2D eigenvalue weighted by Gasteiger charge is -2.09. The summed E-state index contributed by atoms with van der Waals surface area (Å²) in [5.74, 6) is -1.22.